The van der Waals surface area contributed by atoms with Crippen molar-refractivity contribution in [1.82, 2.24) is 14.8 Å². The van der Waals surface area contributed by atoms with Gasteiger partial charge in [0.1, 0.15) is 0 Å². The third kappa shape index (κ3) is 2.73. The molecule has 0 bridgehead atoms. The number of rotatable bonds is 2. The summed E-state index contributed by atoms with van der Waals surface area (Å²) in [6.45, 7) is 1.34. The number of nitrogens with zero attached hydrogens (tertiary/aromatic N) is 3. The van der Waals surface area contributed by atoms with Gasteiger partial charge in [-0.15, -0.1) is 0 Å². The van der Waals surface area contributed by atoms with Gasteiger partial charge in [-0.2, -0.15) is 5.10 Å². The summed E-state index contributed by atoms with van der Waals surface area (Å²) in [6, 6.07) is 21.8. The zero-order valence-electron chi connectivity index (χ0n) is 14.7. The monoisotopic (exact) mass is 354 g/mol. The van der Waals surface area contributed by atoms with Crippen molar-refractivity contribution < 1.29 is 4.79 Å². The molecule has 1 N–H and O–H groups in total. The van der Waals surface area contributed by atoms with Gasteiger partial charge in [-0.1, -0.05) is 30.3 Å². The number of hydrogen-bond donors (Lipinski definition) is 1. The quantitative estimate of drug-likeness (QED) is 0.589. The molecule has 5 rings (SSSR count). The molecule has 0 fully saturated rings. The van der Waals surface area contributed by atoms with Gasteiger partial charge in [-0.25, -0.2) is 0 Å². The molecule has 0 unspecified atom stereocenters. The van der Waals surface area contributed by atoms with Crippen LogP contribution in [0.5, 0.6) is 0 Å². The van der Waals surface area contributed by atoms with Crippen LogP contribution in [0.2, 0.25) is 0 Å². The molecule has 0 saturated carbocycles. The largest absolute Gasteiger partial charge is 0.345 e. The van der Waals surface area contributed by atoms with E-state index in [1.165, 1.54) is 0 Å². The molecule has 4 aromatic rings. The molecule has 5 heteroatoms. The van der Waals surface area contributed by atoms with Crippen molar-refractivity contribution in [2.75, 3.05) is 4.90 Å². The third-order valence-corrected chi connectivity index (χ3v) is 5.04. The predicted octanol–water partition coefficient (Wildman–Crippen LogP) is 4.09. The molecular formula is C22H18N4O. The van der Waals surface area contributed by atoms with Crippen LogP contribution >= 0.6 is 0 Å². The maximum Gasteiger partial charge on any atom is 0.258 e. The van der Waals surface area contributed by atoms with Gasteiger partial charge in [-0.3, -0.25) is 9.89 Å². The van der Waals surface area contributed by atoms with Crippen molar-refractivity contribution in [3.63, 3.8) is 0 Å². The lowest BCUT2D eigenvalue weighted by Gasteiger charge is -2.23. The first-order valence-electron chi connectivity index (χ1n) is 8.93. The fourth-order valence-electron chi connectivity index (χ4n) is 3.63. The van der Waals surface area contributed by atoms with Gasteiger partial charge in [-0.05, 0) is 42.0 Å². The minimum atomic E-state index is 0.00526. The summed E-state index contributed by atoms with van der Waals surface area (Å²) in [7, 11) is 0. The van der Waals surface area contributed by atoms with Crippen LogP contribution in [0.3, 0.4) is 0 Å². The molecule has 1 amide bonds. The van der Waals surface area contributed by atoms with E-state index in [1.807, 2.05) is 59.5 Å². The second kappa shape index (κ2) is 6.29. The summed E-state index contributed by atoms with van der Waals surface area (Å²) in [4.78, 5) is 15.2. The number of para-hydroxylation sites is 1. The van der Waals surface area contributed by atoms with Crippen LogP contribution in [0.25, 0.3) is 11.3 Å². The Labute approximate surface area is 156 Å². The standard InChI is InChI=1S/C22H18N4O/c27-22(17-9-7-16(8-10-17)20-11-12-23-24-20)26-15-19-5-3-13-25(19)14-18-4-1-2-6-21(18)26/h1-13H,14-15H2,(H,23,24). The lowest BCUT2D eigenvalue weighted by Crippen LogP contribution is -2.30. The highest BCUT2D eigenvalue weighted by molar-refractivity contribution is 6.06. The van der Waals surface area contributed by atoms with E-state index in [0.717, 1.165) is 34.7 Å². The zero-order valence-corrected chi connectivity index (χ0v) is 14.7. The SMILES string of the molecule is O=C(c1ccc(-c2cc[nH]n2)cc1)N1Cc2cccn2Cc2ccccc21. The summed E-state index contributed by atoms with van der Waals surface area (Å²) in [5, 5.41) is 7.00. The zero-order chi connectivity index (χ0) is 18.2. The van der Waals surface area contributed by atoms with Crippen molar-refractivity contribution in [2.24, 2.45) is 0 Å². The highest BCUT2D eigenvalue weighted by atomic mass is 16.2. The molecule has 1 aliphatic rings. The molecule has 0 aliphatic carbocycles. The van der Waals surface area contributed by atoms with Crippen molar-refractivity contribution in [3.05, 3.63) is 95.9 Å². The van der Waals surface area contributed by atoms with Crippen LogP contribution in [-0.2, 0) is 13.1 Å². The number of benzene rings is 2. The normalized spacial score (nSPS) is 13.0. The van der Waals surface area contributed by atoms with E-state index in [-0.39, 0.29) is 5.91 Å². The Morgan fingerprint density at radius 3 is 2.59 bits per heavy atom. The summed E-state index contributed by atoms with van der Waals surface area (Å²) in [5.74, 6) is 0.00526. The van der Waals surface area contributed by atoms with Gasteiger partial charge in [0.2, 0.25) is 0 Å². The van der Waals surface area contributed by atoms with Crippen LogP contribution in [0, 0.1) is 0 Å². The second-order valence-electron chi connectivity index (χ2n) is 6.68. The first-order chi connectivity index (χ1) is 13.3. The van der Waals surface area contributed by atoms with E-state index in [4.69, 9.17) is 0 Å². The molecule has 132 valence electrons. The molecule has 1 aliphatic heterocycles. The third-order valence-electron chi connectivity index (χ3n) is 5.04. The van der Waals surface area contributed by atoms with E-state index in [0.29, 0.717) is 12.1 Å². The van der Waals surface area contributed by atoms with E-state index in [1.54, 1.807) is 6.20 Å². The van der Waals surface area contributed by atoms with Crippen LogP contribution in [0.1, 0.15) is 21.6 Å². The smallest absolute Gasteiger partial charge is 0.258 e. The van der Waals surface area contributed by atoms with Gasteiger partial charge in [0.15, 0.2) is 0 Å². The average molecular weight is 354 g/mol. The number of nitrogens with one attached hydrogen (secondary N) is 1. The number of H-pyrrole nitrogens is 1. The number of aromatic nitrogens is 3. The second-order valence-corrected chi connectivity index (χ2v) is 6.68. The summed E-state index contributed by atoms with van der Waals surface area (Å²) >= 11 is 0. The van der Waals surface area contributed by atoms with Crippen molar-refractivity contribution in [3.8, 4) is 11.3 Å². The minimum Gasteiger partial charge on any atom is -0.345 e. The van der Waals surface area contributed by atoms with Crippen molar-refractivity contribution >= 4 is 11.6 Å². The summed E-state index contributed by atoms with van der Waals surface area (Å²) in [5.41, 5.74) is 5.78. The number of carbonyl (C=O) groups is 1. The maximum atomic E-state index is 13.3. The van der Waals surface area contributed by atoms with Crippen molar-refractivity contribution in [1.29, 1.82) is 0 Å². The Kier molecular flexibility index (Phi) is 3.64. The fraction of sp³-hybridized carbons (Fsp3) is 0.0909. The Balaban J connectivity index is 1.52. The summed E-state index contributed by atoms with van der Waals surface area (Å²) < 4.78 is 2.20. The Bertz CT molecular complexity index is 1090. The van der Waals surface area contributed by atoms with Gasteiger partial charge in [0.05, 0.1) is 12.2 Å². The van der Waals surface area contributed by atoms with E-state index < -0.39 is 0 Å². The van der Waals surface area contributed by atoms with Crippen LogP contribution in [0.15, 0.2) is 79.1 Å². The highest BCUT2D eigenvalue weighted by Gasteiger charge is 2.24. The van der Waals surface area contributed by atoms with Gasteiger partial charge in [0.25, 0.3) is 5.91 Å². The summed E-state index contributed by atoms with van der Waals surface area (Å²) in [6.07, 6.45) is 3.86. The first kappa shape index (κ1) is 15.6. The molecular weight excluding hydrogens is 336 g/mol. The molecule has 2 aromatic carbocycles. The van der Waals surface area contributed by atoms with Crippen LogP contribution < -0.4 is 4.90 Å². The average Bonchev–Trinajstić information content (AvgIpc) is 3.37. The molecule has 3 heterocycles. The Morgan fingerprint density at radius 2 is 1.78 bits per heavy atom. The molecule has 0 spiro atoms. The molecule has 5 nitrogen and oxygen atoms in total. The van der Waals surface area contributed by atoms with E-state index in [2.05, 4.69) is 33.1 Å². The topological polar surface area (TPSA) is 53.9 Å². The molecule has 27 heavy (non-hydrogen) atoms. The lowest BCUT2D eigenvalue weighted by atomic mass is 10.1. The van der Waals surface area contributed by atoms with Gasteiger partial charge >= 0.3 is 0 Å². The van der Waals surface area contributed by atoms with E-state index in [9.17, 15) is 4.79 Å². The fourth-order valence-corrected chi connectivity index (χ4v) is 3.63. The van der Waals surface area contributed by atoms with Gasteiger partial charge in [0, 0.05) is 41.4 Å². The predicted molar refractivity (Wildman–Crippen MR) is 105 cm³/mol. The molecule has 0 saturated heterocycles. The van der Waals surface area contributed by atoms with Crippen molar-refractivity contribution in [2.45, 2.75) is 13.1 Å². The van der Waals surface area contributed by atoms with Crippen LogP contribution in [-0.4, -0.2) is 20.7 Å². The number of hydrogen-bond acceptors (Lipinski definition) is 2. The number of carbonyl (C=O) groups excluding carboxylic acids is 1. The maximum absolute atomic E-state index is 13.3. The number of anilines is 1. The lowest BCUT2D eigenvalue weighted by molar-refractivity contribution is 0.0985. The number of fused-ring (bicyclic) bond motifs is 2. The Hall–Kier alpha value is -3.60. The van der Waals surface area contributed by atoms with E-state index >= 15 is 0 Å². The van der Waals surface area contributed by atoms with Gasteiger partial charge < -0.3 is 9.47 Å². The molecule has 0 atom stereocenters. The Morgan fingerprint density at radius 1 is 0.926 bits per heavy atom. The number of aromatic amines is 1. The first-order valence-corrected chi connectivity index (χ1v) is 8.93. The molecule has 0 radical (unpaired) electrons. The molecule has 2 aromatic heterocycles. The van der Waals surface area contributed by atoms with Crippen LogP contribution in [0.4, 0.5) is 5.69 Å². The minimum absolute atomic E-state index is 0.00526. The highest BCUT2D eigenvalue weighted by Crippen LogP contribution is 2.29. The number of amides is 1.